The van der Waals surface area contributed by atoms with Gasteiger partial charge in [-0.1, -0.05) is 0 Å². The molecule has 2 rings (SSSR count). The highest BCUT2D eigenvalue weighted by atomic mass is 32.2. The summed E-state index contributed by atoms with van der Waals surface area (Å²) < 4.78 is 72.0. The van der Waals surface area contributed by atoms with E-state index in [-0.39, 0.29) is 21.9 Å². The van der Waals surface area contributed by atoms with Crippen molar-refractivity contribution in [3.05, 3.63) is 47.5 Å². The molecule has 7 nitrogen and oxygen atoms in total. The molecule has 0 unspecified atom stereocenters. The van der Waals surface area contributed by atoms with Crippen molar-refractivity contribution in [2.75, 3.05) is 31.4 Å². The highest BCUT2D eigenvalue weighted by Crippen LogP contribution is 2.35. The summed E-state index contributed by atoms with van der Waals surface area (Å²) in [7, 11) is 0.534. The Balaban J connectivity index is 2.48. The Kier molecular flexibility index (Phi) is 7.22. The number of amides is 1. The van der Waals surface area contributed by atoms with Crippen molar-refractivity contribution in [2.24, 2.45) is 0 Å². The van der Waals surface area contributed by atoms with Crippen LogP contribution in [0.2, 0.25) is 0 Å². The Hall–Kier alpha value is -2.79. The highest BCUT2D eigenvalue weighted by molar-refractivity contribution is 7.89. The van der Waals surface area contributed by atoms with E-state index in [0.29, 0.717) is 5.69 Å². The van der Waals surface area contributed by atoms with Crippen LogP contribution < -0.4 is 19.7 Å². The number of carbonyl (C=O) groups is 1. The molecule has 2 aromatic carbocycles. The van der Waals surface area contributed by atoms with E-state index >= 15 is 0 Å². The van der Waals surface area contributed by atoms with Crippen molar-refractivity contribution < 1.29 is 31.1 Å². The second-order valence-corrected chi connectivity index (χ2v) is 8.90. The molecule has 31 heavy (non-hydrogen) atoms. The lowest BCUT2D eigenvalue weighted by Gasteiger charge is -2.20. The van der Waals surface area contributed by atoms with Crippen LogP contribution in [0.1, 0.15) is 29.8 Å². The third-order valence-corrected chi connectivity index (χ3v) is 5.84. The smallest absolute Gasteiger partial charge is 0.416 e. The van der Waals surface area contributed by atoms with E-state index in [1.165, 1.54) is 25.3 Å². The standard InChI is InChI=1S/C20H24F3N3O4S/c1-12(2)25-31(28,29)18-10-13(6-9-17(18)30-5)19(27)24-15-11-14(20(21,22)23)7-8-16(15)26(3)4/h6-12,25H,1-5H3,(H,24,27). The Morgan fingerprint density at radius 2 is 1.74 bits per heavy atom. The van der Waals surface area contributed by atoms with Gasteiger partial charge in [0.05, 0.1) is 24.0 Å². The maximum atomic E-state index is 13.1. The Morgan fingerprint density at radius 3 is 2.26 bits per heavy atom. The Morgan fingerprint density at radius 1 is 1.10 bits per heavy atom. The van der Waals surface area contributed by atoms with E-state index in [1.54, 1.807) is 32.8 Å². The molecule has 170 valence electrons. The number of rotatable bonds is 7. The zero-order chi connectivity index (χ0) is 23.6. The number of carbonyl (C=O) groups excluding carboxylic acids is 1. The van der Waals surface area contributed by atoms with Crippen LogP contribution in [0.5, 0.6) is 5.75 Å². The van der Waals surface area contributed by atoms with Gasteiger partial charge in [-0.3, -0.25) is 4.79 Å². The second kappa shape index (κ2) is 9.15. The first-order valence-electron chi connectivity index (χ1n) is 9.16. The van der Waals surface area contributed by atoms with Gasteiger partial charge in [0.1, 0.15) is 10.6 Å². The minimum Gasteiger partial charge on any atom is -0.495 e. The fraction of sp³-hybridized carbons (Fsp3) is 0.350. The largest absolute Gasteiger partial charge is 0.495 e. The van der Waals surface area contributed by atoms with Crippen molar-refractivity contribution in [3.8, 4) is 5.75 Å². The average Bonchev–Trinajstić information content (AvgIpc) is 2.65. The van der Waals surface area contributed by atoms with Crippen LogP contribution in [-0.4, -0.2) is 41.6 Å². The van der Waals surface area contributed by atoms with Crippen LogP contribution in [0.25, 0.3) is 0 Å². The number of benzene rings is 2. The zero-order valence-corrected chi connectivity index (χ0v) is 18.5. The van der Waals surface area contributed by atoms with Crippen LogP contribution in [0.3, 0.4) is 0 Å². The molecule has 0 saturated carbocycles. The van der Waals surface area contributed by atoms with Gasteiger partial charge in [0, 0.05) is 25.7 Å². The van der Waals surface area contributed by atoms with Gasteiger partial charge in [0.25, 0.3) is 5.91 Å². The number of anilines is 2. The normalized spacial score (nSPS) is 12.0. The molecule has 0 atom stereocenters. The lowest BCUT2D eigenvalue weighted by atomic mass is 10.1. The van der Waals surface area contributed by atoms with Crippen LogP contribution in [0.4, 0.5) is 24.5 Å². The summed E-state index contributed by atoms with van der Waals surface area (Å²) in [5.41, 5.74) is -0.700. The van der Waals surface area contributed by atoms with Crippen molar-refractivity contribution in [3.63, 3.8) is 0 Å². The molecule has 11 heteroatoms. The number of nitrogens with one attached hydrogen (secondary N) is 2. The van der Waals surface area contributed by atoms with E-state index in [1.807, 2.05) is 0 Å². The molecule has 0 heterocycles. The Bertz CT molecular complexity index is 1070. The van der Waals surface area contributed by atoms with Gasteiger partial charge < -0.3 is 15.0 Å². The lowest BCUT2D eigenvalue weighted by molar-refractivity contribution is -0.137. The number of hydrogen-bond donors (Lipinski definition) is 2. The Labute approximate surface area is 179 Å². The molecular weight excluding hydrogens is 435 g/mol. The first-order chi connectivity index (χ1) is 14.3. The minimum absolute atomic E-state index is 0.0257. The molecule has 0 aliphatic rings. The summed E-state index contributed by atoms with van der Waals surface area (Å²) >= 11 is 0. The molecule has 0 aliphatic heterocycles. The molecule has 0 saturated heterocycles. The fourth-order valence-corrected chi connectivity index (χ4v) is 4.24. The summed E-state index contributed by atoms with van der Waals surface area (Å²) in [6.07, 6.45) is -4.59. The molecule has 0 radical (unpaired) electrons. The number of nitrogens with zero attached hydrogens (tertiary/aromatic N) is 1. The fourth-order valence-electron chi connectivity index (χ4n) is 2.80. The molecule has 0 aromatic heterocycles. The van der Waals surface area contributed by atoms with Gasteiger partial charge in [-0.2, -0.15) is 13.2 Å². The van der Waals surface area contributed by atoms with Crippen LogP contribution in [0.15, 0.2) is 41.3 Å². The molecule has 0 fully saturated rings. The topological polar surface area (TPSA) is 87.7 Å². The zero-order valence-electron chi connectivity index (χ0n) is 17.7. The van der Waals surface area contributed by atoms with Gasteiger partial charge in [-0.25, -0.2) is 13.1 Å². The quantitative estimate of drug-likeness (QED) is 0.659. The minimum atomic E-state index is -4.59. The third-order valence-electron chi connectivity index (χ3n) is 4.16. The van der Waals surface area contributed by atoms with Gasteiger partial charge >= 0.3 is 6.18 Å². The number of ether oxygens (including phenoxy) is 1. The summed E-state index contributed by atoms with van der Waals surface area (Å²) in [4.78, 5) is 14.1. The van der Waals surface area contributed by atoms with E-state index < -0.39 is 33.7 Å². The average molecular weight is 459 g/mol. The number of halogens is 3. The maximum Gasteiger partial charge on any atom is 0.416 e. The molecule has 2 aromatic rings. The second-order valence-electron chi connectivity index (χ2n) is 7.22. The maximum absolute atomic E-state index is 13.1. The molecular formula is C20H24F3N3O4S. The van der Waals surface area contributed by atoms with Crippen molar-refractivity contribution in [1.82, 2.24) is 4.72 Å². The first-order valence-corrected chi connectivity index (χ1v) is 10.6. The van der Waals surface area contributed by atoms with Gasteiger partial charge in [-0.15, -0.1) is 0 Å². The molecule has 2 N–H and O–H groups in total. The van der Waals surface area contributed by atoms with E-state index in [4.69, 9.17) is 4.74 Å². The SMILES string of the molecule is COc1ccc(C(=O)Nc2cc(C(F)(F)F)ccc2N(C)C)cc1S(=O)(=O)NC(C)C. The number of hydrogen-bond acceptors (Lipinski definition) is 5. The van der Waals surface area contributed by atoms with Gasteiger partial charge in [0.15, 0.2) is 0 Å². The van der Waals surface area contributed by atoms with Crippen molar-refractivity contribution in [1.29, 1.82) is 0 Å². The first kappa shape index (κ1) is 24.5. The number of sulfonamides is 1. The van der Waals surface area contributed by atoms with Gasteiger partial charge in [0.2, 0.25) is 10.0 Å². The van der Waals surface area contributed by atoms with Gasteiger partial charge in [-0.05, 0) is 50.2 Å². The van der Waals surface area contributed by atoms with Crippen LogP contribution >= 0.6 is 0 Å². The number of alkyl halides is 3. The summed E-state index contributed by atoms with van der Waals surface area (Å²) in [6.45, 7) is 3.27. The van der Waals surface area contributed by atoms with E-state index in [2.05, 4.69) is 10.0 Å². The third kappa shape index (κ3) is 5.88. The molecule has 0 aliphatic carbocycles. The summed E-state index contributed by atoms with van der Waals surface area (Å²) in [6, 6.07) is 6.33. The summed E-state index contributed by atoms with van der Waals surface area (Å²) in [5.74, 6) is -0.746. The number of methoxy groups -OCH3 is 1. The predicted molar refractivity (Wildman–Crippen MR) is 112 cm³/mol. The predicted octanol–water partition coefficient (Wildman–Crippen LogP) is 3.72. The lowest BCUT2D eigenvalue weighted by Crippen LogP contribution is -2.30. The van der Waals surface area contributed by atoms with E-state index in [9.17, 15) is 26.4 Å². The summed E-state index contributed by atoms with van der Waals surface area (Å²) in [5, 5.41) is 2.44. The molecule has 1 amide bonds. The van der Waals surface area contributed by atoms with E-state index in [0.717, 1.165) is 18.2 Å². The monoisotopic (exact) mass is 459 g/mol. The van der Waals surface area contributed by atoms with Crippen LogP contribution in [0, 0.1) is 0 Å². The van der Waals surface area contributed by atoms with Crippen LogP contribution in [-0.2, 0) is 16.2 Å². The van der Waals surface area contributed by atoms with Crippen molar-refractivity contribution in [2.45, 2.75) is 31.0 Å². The van der Waals surface area contributed by atoms with Crippen molar-refractivity contribution >= 4 is 27.3 Å². The molecule has 0 spiro atoms. The highest BCUT2D eigenvalue weighted by Gasteiger charge is 2.31. The molecule has 0 bridgehead atoms.